The van der Waals surface area contributed by atoms with Gasteiger partial charge in [0.15, 0.2) is 0 Å². The number of hydrogen-bond acceptors (Lipinski definition) is 6. The Balaban J connectivity index is 0.000000198. The van der Waals surface area contributed by atoms with E-state index in [2.05, 4.69) is 336 Å². The smallest absolute Gasteiger partial charge is 0.0198 e. The minimum atomic E-state index is 0. The fourth-order valence-corrected chi connectivity index (χ4v) is 12.5. The van der Waals surface area contributed by atoms with Crippen molar-refractivity contribution in [2.75, 3.05) is 0 Å². The van der Waals surface area contributed by atoms with E-state index in [1.807, 2.05) is 170 Å². The molecule has 0 fully saturated rings. The number of benzene rings is 11. The molecule has 0 saturated carbocycles. The van der Waals surface area contributed by atoms with E-state index in [4.69, 9.17) is 0 Å². The second-order valence-corrected chi connectivity index (χ2v) is 30.1. The van der Waals surface area contributed by atoms with Crippen molar-refractivity contribution in [1.82, 2.24) is 29.9 Å². The summed E-state index contributed by atoms with van der Waals surface area (Å²) < 4.78 is 0. The second-order valence-electron chi connectivity index (χ2n) is 30.1. The molecule has 0 bridgehead atoms. The summed E-state index contributed by atoms with van der Waals surface area (Å²) in [6.45, 7) is 21.9. The van der Waals surface area contributed by atoms with Gasteiger partial charge in [0.1, 0.15) is 0 Å². The molecule has 611 valence electrons. The van der Waals surface area contributed by atoms with E-state index in [0.717, 1.165) is 67.5 Å². The molecular formula is C109H94Ir5N6-6. The Labute approximate surface area is 779 Å². The van der Waals surface area contributed by atoms with Crippen molar-refractivity contribution in [2.24, 2.45) is 0 Å². The SMILES string of the molecule is CC(C)(C)c1ccc(-c2[c-]ccc(-c3ccccc3)c2)nc1.CC(C)(C)c1ccnc(-c2[c-]ccc(-c3ccccc3)c2)c1.CC(C)c1ccc(-c2cc[c-]c(-c3ccccn3)c2)cc1.Cc1cnc(-c2[c-]ccc(-c3ccccc3)c2)cc1C.[Ir].[Ir].[Ir].[Ir].[Ir].[c-]1ccc(-c2ccccc2)cc1-c1ccccn1.[c-]1ccccc1-c1ccccn1. The summed E-state index contributed by atoms with van der Waals surface area (Å²) in [6, 6.07) is 137. The maximum atomic E-state index is 4.62. The Morgan fingerprint density at radius 3 is 0.867 bits per heavy atom. The van der Waals surface area contributed by atoms with Crippen LogP contribution in [0.1, 0.15) is 89.1 Å². The van der Waals surface area contributed by atoms with E-state index in [1.165, 1.54) is 83.5 Å². The van der Waals surface area contributed by atoms with E-state index in [9.17, 15) is 0 Å². The molecule has 120 heavy (non-hydrogen) atoms. The molecule has 11 aromatic carbocycles. The minimum Gasteiger partial charge on any atom is -0.305 e. The number of aromatic nitrogens is 6. The molecule has 0 spiro atoms. The van der Waals surface area contributed by atoms with Gasteiger partial charge in [-0.05, 0) is 139 Å². The third-order valence-electron chi connectivity index (χ3n) is 19.3. The molecule has 5 radical (unpaired) electrons. The summed E-state index contributed by atoms with van der Waals surface area (Å²) in [5.41, 5.74) is 30.7. The van der Waals surface area contributed by atoms with Gasteiger partial charge in [-0.15, -0.1) is 213 Å². The predicted molar refractivity (Wildman–Crippen MR) is 479 cm³/mol. The summed E-state index contributed by atoms with van der Waals surface area (Å²) >= 11 is 0. The van der Waals surface area contributed by atoms with Gasteiger partial charge >= 0.3 is 0 Å². The van der Waals surface area contributed by atoms with Crippen LogP contribution in [-0.2, 0) is 111 Å². The van der Waals surface area contributed by atoms with E-state index in [-0.39, 0.29) is 111 Å². The molecule has 0 aliphatic heterocycles. The van der Waals surface area contributed by atoms with Gasteiger partial charge in [-0.1, -0.05) is 267 Å². The summed E-state index contributed by atoms with van der Waals surface area (Å²) in [5.74, 6) is 0.562. The van der Waals surface area contributed by atoms with E-state index >= 15 is 0 Å². The molecule has 11 heteroatoms. The van der Waals surface area contributed by atoms with Crippen molar-refractivity contribution in [1.29, 1.82) is 0 Å². The molecule has 0 amide bonds. The van der Waals surface area contributed by atoms with Crippen molar-refractivity contribution in [3.8, 4) is 123 Å². The standard InChI is InChI=1S/2C21H20N.C20H18N.C19H16N.C17H12N.C11H8N.5Ir/c1-21(2,3)19-12-13-22-20(15-19)18-11-7-10-17(14-18)16-8-5-4-6-9-16;1-21(2,3)19-12-13-20(22-15-19)18-11-7-10-17(14-18)16-8-5-4-6-9-16;1-15(2)16-9-11-17(12-10-16)18-6-5-7-19(14-18)20-8-3-4-13-21-20;1-14-11-19(20-13-15(14)2)18-10-6-9-17(12-18)16-7-4-3-5-8-16;1-2-7-14(8-3-1)15-9-6-10-16(13-15)17-11-4-5-12-18-17;1-2-6-10(7-3-1)11-8-4-5-9-12-11;;;;;/h2*4-10,12-15H,1-3H3;3-6,8-15H,1-2H3;3-9,11-13H,1-2H3;1-9,11-13H;1-6,8-9H;;;;;/q6*-1;;;;;. The van der Waals surface area contributed by atoms with Gasteiger partial charge in [0.2, 0.25) is 0 Å². The van der Waals surface area contributed by atoms with E-state index in [1.54, 1.807) is 12.4 Å². The molecule has 6 aromatic heterocycles. The van der Waals surface area contributed by atoms with Crippen LogP contribution in [0.5, 0.6) is 0 Å². The monoisotopic (exact) mass is 2450 g/mol. The average Bonchev–Trinajstić information content (AvgIpc) is 0.805. The third kappa shape index (κ3) is 28.6. The van der Waals surface area contributed by atoms with Gasteiger partial charge in [0.25, 0.3) is 0 Å². The summed E-state index contributed by atoms with van der Waals surface area (Å²) in [6.07, 6.45) is 11.2. The molecular weight excluding hydrogens is 2350 g/mol. The normalized spacial score (nSPS) is 10.3. The second kappa shape index (κ2) is 48.7. The van der Waals surface area contributed by atoms with Crippen LogP contribution in [0.2, 0.25) is 0 Å². The summed E-state index contributed by atoms with van der Waals surface area (Å²) in [5, 5.41) is 0. The fraction of sp³-hybridized carbons (Fsp3) is 0.119. The number of nitrogens with zero attached hydrogens (tertiary/aromatic N) is 6. The average molecular weight is 2450 g/mol. The van der Waals surface area contributed by atoms with Crippen molar-refractivity contribution < 1.29 is 101 Å². The fourth-order valence-electron chi connectivity index (χ4n) is 12.5. The minimum absolute atomic E-state index is 0. The number of rotatable bonds is 12. The molecule has 6 heterocycles. The quantitative estimate of drug-likeness (QED) is 0.113. The van der Waals surface area contributed by atoms with Gasteiger partial charge in [0.05, 0.1) is 0 Å². The van der Waals surface area contributed by atoms with Gasteiger partial charge in [-0.25, -0.2) is 0 Å². The van der Waals surface area contributed by atoms with Crippen LogP contribution in [0.15, 0.2) is 383 Å². The van der Waals surface area contributed by atoms with Crippen molar-refractivity contribution in [2.45, 2.75) is 86.0 Å². The van der Waals surface area contributed by atoms with Gasteiger partial charge < -0.3 is 29.9 Å². The first-order valence-corrected chi connectivity index (χ1v) is 38.9. The first kappa shape index (κ1) is 96.7. The first-order chi connectivity index (χ1) is 55.9. The zero-order chi connectivity index (χ0) is 80.2. The Morgan fingerprint density at radius 1 is 0.225 bits per heavy atom. The molecule has 0 aliphatic rings. The number of hydrogen-bond donors (Lipinski definition) is 0. The predicted octanol–water partition coefficient (Wildman–Crippen LogP) is 28.0. The Bertz CT molecular complexity index is 5730. The summed E-state index contributed by atoms with van der Waals surface area (Å²) in [4.78, 5) is 26.6. The molecule has 17 rings (SSSR count). The largest absolute Gasteiger partial charge is 0.305 e. The van der Waals surface area contributed by atoms with Crippen molar-refractivity contribution >= 4 is 0 Å². The maximum Gasteiger partial charge on any atom is 0.0198 e. The van der Waals surface area contributed by atoms with Crippen LogP contribution in [0.3, 0.4) is 0 Å². The Morgan fingerprint density at radius 2 is 0.542 bits per heavy atom. The van der Waals surface area contributed by atoms with Crippen LogP contribution in [0.25, 0.3) is 123 Å². The third-order valence-corrected chi connectivity index (χ3v) is 19.3. The molecule has 17 aromatic rings. The number of aryl methyl sites for hydroxylation is 2. The number of pyridine rings is 6. The Hall–Kier alpha value is -10.4. The topological polar surface area (TPSA) is 77.3 Å². The van der Waals surface area contributed by atoms with Crippen molar-refractivity contribution in [3.63, 3.8) is 0 Å². The van der Waals surface area contributed by atoms with Crippen LogP contribution >= 0.6 is 0 Å². The van der Waals surface area contributed by atoms with Gasteiger partial charge in [-0.2, -0.15) is 0 Å². The zero-order valence-electron chi connectivity index (χ0n) is 68.8. The Kier molecular flexibility index (Phi) is 39.3. The van der Waals surface area contributed by atoms with Gasteiger partial charge in [0, 0.05) is 138 Å². The van der Waals surface area contributed by atoms with Crippen LogP contribution < -0.4 is 0 Å². The summed E-state index contributed by atoms with van der Waals surface area (Å²) in [7, 11) is 0. The molecule has 0 aliphatic carbocycles. The molecule has 0 atom stereocenters. The molecule has 0 N–H and O–H groups in total. The van der Waals surface area contributed by atoms with Crippen LogP contribution in [-0.4, -0.2) is 29.9 Å². The maximum absolute atomic E-state index is 4.62. The molecule has 0 saturated heterocycles. The van der Waals surface area contributed by atoms with E-state index in [0.29, 0.717) is 5.92 Å². The van der Waals surface area contributed by atoms with Crippen LogP contribution in [0, 0.1) is 50.2 Å². The molecule has 0 unspecified atom stereocenters. The molecule has 6 nitrogen and oxygen atoms in total. The van der Waals surface area contributed by atoms with Crippen LogP contribution in [0.4, 0.5) is 0 Å². The van der Waals surface area contributed by atoms with Gasteiger partial charge in [-0.3, -0.25) is 0 Å². The van der Waals surface area contributed by atoms with E-state index < -0.39 is 0 Å². The zero-order valence-corrected chi connectivity index (χ0v) is 80.8. The first-order valence-electron chi connectivity index (χ1n) is 38.9. The van der Waals surface area contributed by atoms with Crippen molar-refractivity contribution in [3.05, 3.63) is 447 Å².